The van der Waals surface area contributed by atoms with Crippen LogP contribution in [0, 0.1) is 0 Å². The van der Waals surface area contributed by atoms with Crippen molar-refractivity contribution in [2.75, 3.05) is 13.1 Å². The van der Waals surface area contributed by atoms with Gasteiger partial charge < -0.3 is 0 Å². The maximum atomic E-state index is 4.83. The van der Waals surface area contributed by atoms with Crippen LogP contribution in [0.4, 0.5) is 0 Å². The summed E-state index contributed by atoms with van der Waals surface area (Å²) in [6, 6.07) is 0. The van der Waals surface area contributed by atoms with Gasteiger partial charge in [0.15, 0.2) is 0 Å². The second-order valence-corrected chi connectivity index (χ2v) is 1.94. The lowest BCUT2D eigenvalue weighted by molar-refractivity contribution is 0.588. The Hall–Kier alpha value is -0.210. The number of rotatable bonds is 4. The summed E-state index contributed by atoms with van der Waals surface area (Å²) in [6.07, 6.45) is 3.55. The zero-order valence-electron chi connectivity index (χ0n) is 4.84. The molecule has 0 spiro atoms. The summed E-state index contributed by atoms with van der Waals surface area (Å²) in [6.45, 7) is 8.58. The van der Waals surface area contributed by atoms with E-state index in [1.165, 1.54) is 0 Å². The molecule has 0 aliphatic heterocycles. The van der Waals surface area contributed by atoms with Gasteiger partial charge >= 0.3 is 0 Å². The first-order valence-corrected chi connectivity index (χ1v) is 2.81. The second kappa shape index (κ2) is 4.94. The van der Waals surface area contributed by atoms with E-state index < -0.39 is 0 Å². The van der Waals surface area contributed by atoms with E-state index in [1.54, 1.807) is 16.5 Å². The fraction of sp³-hybridized carbons (Fsp3) is 0.333. The third-order valence-electron chi connectivity index (χ3n) is 0.665. The van der Waals surface area contributed by atoms with Gasteiger partial charge in [-0.3, -0.25) is 0 Å². The third-order valence-corrected chi connectivity index (χ3v) is 0.964. The molecule has 0 aliphatic carbocycles. The predicted octanol–water partition coefficient (Wildman–Crippen LogP) is 1.77. The molecule has 0 aromatic carbocycles. The van der Waals surface area contributed by atoms with E-state index in [0.29, 0.717) is 0 Å². The Morgan fingerprint density at radius 2 is 1.62 bits per heavy atom. The molecular formula is C6H10NS. The van der Waals surface area contributed by atoms with Crippen LogP contribution in [0.2, 0.25) is 0 Å². The molecule has 0 unspecified atom stereocenters. The summed E-state index contributed by atoms with van der Waals surface area (Å²) < 4.78 is 1.71. The second-order valence-electron chi connectivity index (χ2n) is 1.42. The topological polar surface area (TPSA) is 3.24 Å². The van der Waals surface area contributed by atoms with E-state index in [4.69, 9.17) is 12.8 Å². The molecule has 45 valence electrons. The highest BCUT2D eigenvalue weighted by atomic mass is 32.1. The van der Waals surface area contributed by atoms with Crippen LogP contribution in [0.5, 0.6) is 0 Å². The Bertz CT molecular complexity index is 70.6. The monoisotopic (exact) mass is 128 g/mol. The van der Waals surface area contributed by atoms with Gasteiger partial charge in [0.25, 0.3) is 0 Å². The van der Waals surface area contributed by atoms with Crippen molar-refractivity contribution in [2.45, 2.75) is 0 Å². The molecule has 0 heterocycles. The molecule has 0 fully saturated rings. The molecule has 0 N–H and O–H groups in total. The minimum atomic E-state index is 0.751. The van der Waals surface area contributed by atoms with Crippen molar-refractivity contribution in [1.29, 1.82) is 0 Å². The highest BCUT2D eigenvalue weighted by molar-refractivity contribution is 7.77. The standard InChI is InChI=1S/C6H10NS/c1-3-5-7(8)6-4-2/h3-4H,1-2,5-6H2. The molecule has 0 saturated carbocycles. The van der Waals surface area contributed by atoms with E-state index in [9.17, 15) is 0 Å². The largest absolute Gasteiger partial charge is 0.233 e. The van der Waals surface area contributed by atoms with Gasteiger partial charge in [0, 0.05) is 25.9 Å². The van der Waals surface area contributed by atoms with Crippen molar-refractivity contribution in [3.63, 3.8) is 0 Å². The third kappa shape index (κ3) is 3.96. The molecule has 0 saturated heterocycles. The lowest BCUT2D eigenvalue weighted by Crippen LogP contribution is -2.10. The fourth-order valence-electron chi connectivity index (χ4n) is 0.363. The van der Waals surface area contributed by atoms with Gasteiger partial charge in [0.05, 0.1) is 0 Å². The van der Waals surface area contributed by atoms with E-state index in [-0.39, 0.29) is 0 Å². The van der Waals surface area contributed by atoms with Crippen LogP contribution in [0.3, 0.4) is 0 Å². The van der Waals surface area contributed by atoms with Crippen LogP contribution in [0.15, 0.2) is 25.3 Å². The van der Waals surface area contributed by atoms with Gasteiger partial charge in [-0.1, -0.05) is 12.2 Å². The molecule has 0 rings (SSSR count). The van der Waals surface area contributed by atoms with Crippen molar-refractivity contribution in [3.05, 3.63) is 25.3 Å². The first-order chi connectivity index (χ1) is 3.81. The van der Waals surface area contributed by atoms with Crippen molar-refractivity contribution >= 4 is 12.8 Å². The van der Waals surface area contributed by atoms with Gasteiger partial charge in [-0.05, 0) is 0 Å². The van der Waals surface area contributed by atoms with E-state index >= 15 is 0 Å². The molecule has 0 aliphatic rings. The lowest BCUT2D eigenvalue weighted by atomic mass is 10.5. The Kier molecular flexibility index (Phi) is 4.81. The molecule has 2 heteroatoms. The summed E-state index contributed by atoms with van der Waals surface area (Å²) in [7, 11) is 0. The Morgan fingerprint density at radius 1 is 1.25 bits per heavy atom. The van der Waals surface area contributed by atoms with Crippen molar-refractivity contribution in [2.24, 2.45) is 0 Å². The Morgan fingerprint density at radius 3 is 1.88 bits per heavy atom. The SMILES string of the molecule is C=CCN([S])CC=C. The molecule has 0 atom stereocenters. The Balaban J connectivity index is 3.16. The molecule has 0 bridgehead atoms. The first kappa shape index (κ1) is 7.79. The predicted molar refractivity (Wildman–Crippen MR) is 39.6 cm³/mol. The summed E-state index contributed by atoms with van der Waals surface area (Å²) in [5.74, 6) is 0. The molecule has 0 amide bonds. The van der Waals surface area contributed by atoms with Gasteiger partial charge in [0.2, 0.25) is 0 Å². The quantitative estimate of drug-likeness (QED) is 0.521. The number of hydrogen-bond donors (Lipinski definition) is 0. The van der Waals surface area contributed by atoms with Crippen LogP contribution >= 0.6 is 12.8 Å². The van der Waals surface area contributed by atoms with E-state index in [2.05, 4.69) is 13.2 Å². The summed E-state index contributed by atoms with van der Waals surface area (Å²) in [5, 5.41) is 0. The number of nitrogens with zero attached hydrogens (tertiary/aromatic N) is 1. The van der Waals surface area contributed by atoms with Crippen molar-refractivity contribution < 1.29 is 0 Å². The van der Waals surface area contributed by atoms with Crippen molar-refractivity contribution in [3.8, 4) is 0 Å². The highest BCUT2D eigenvalue weighted by Gasteiger charge is 1.88. The lowest BCUT2D eigenvalue weighted by Gasteiger charge is -2.05. The molecule has 1 nitrogen and oxygen atoms in total. The summed E-state index contributed by atoms with van der Waals surface area (Å²) >= 11 is 4.83. The average Bonchev–Trinajstić information content (AvgIpc) is 1.68. The number of hydrogen-bond acceptors (Lipinski definition) is 1. The van der Waals surface area contributed by atoms with Crippen LogP contribution in [-0.4, -0.2) is 17.4 Å². The average molecular weight is 128 g/mol. The highest BCUT2D eigenvalue weighted by Crippen LogP contribution is 1.90. The van der Waals surface area contributed by atoms with Crippen LogP contribution in [0.1, 0.15) is 0 Å². The molecule has 8 heavy (non-hydrogen) atoms. The minimum absolute atomic E-state index is 0.751. The first-order valence-electron chi connectivity index (χ1n) is 2.45. The van der Waals surface area contributed by atoms with Gasteiger partial charge in [-0.2, -0.15) is 0 Å². The molecule has 0 aromatic heterocycles. The van der Waals surface area contributed by atoms with Crippen LogP contribution in [-0.2, 0) is 0 Å². The Labute approximate surface area is 56.2 Å². The minimum Gasteiger partial charge on any atom is -0.233 e. The smallest absolute Gasteiger partial charge is 0.0279 e. The molecular weight excluding hydrogens is 118 g/mol. The van der Waals surface area contributed by atoms with E-state index in [0.717, 1.165) is 13.1 Å². The maximum absolute atomic E-state index is 4.83. The van der Waals surface area contributed by atoms with E-state index in [1.807, 2.05) is 0 Å². The van der Waals surface area contributed by atoms with Gasteiger partial charge in [-0.15, -0.1) is 13.2 Å². The van der Waals surface area contributed by atoms with Crippen LogP contribution in [0.25, 0.3) is 0 Å². The maximum Gasteiger partial charge on any atom is 0.0279 e. The fourth-order valence-corrected chi connectivity index (χ4v) is 0.573. The molecule has 1 radical (unpaired) electrons. The zero-order chi connectivity index (χ0) is 6.41. The normalized spacial score (nSPS) is 9.25. The molecule has 0 aromatic rings. The summed E-state index contributed by atoms with van der Waals surface area (Å²) in [4.78, 5) is 0. The van der Waals surface area contributed by atoms with Gasteiger partial charge in [0.1, 0.15) is 0 Å². The van der Waals surface area contributed by atoms with Crippen molar-refractivity contribution in [1.82, 2.24) is 4.31 Å². The van der Waals surface area contributed by atoms with Crippen LogP contribution < -0.4 is 0 Å². The zero-order valence-corrected chi connectivity index (χ0v) is 5.66. The van der Waals surface area contributed by atoms with Gasteiger partial charge in [-0.25, -0.2) is 4.31 Å². The summed E-state index contributed by atoms with van der Waals surface area (Å²) in [5.41, 5.74) is 0.